The number of nitrogens with zero attached hydrogens (tertiary/aromatic N) is 2. The molecule has 3 heterocycles. The summed E-state index contributed by atoms with van der Waals surface area (Å²) in [5, 5.41) is 3.96. The summed E-state index contributed by atoms with van der Waals surface area (Å²) >= 11 is 0. The van der Waals surface area contributed by atoms with E-state index >= 15 is 0 Å². The summed E-state index contributed by atoms with van der Waals surface area (Å²) in [4.78, 5) is 12.3. The van der Waals surface area contributed by atoms with E-state index in [-0.39, 0.29) is 43.7 Å². The number of nitrogens with one attached hydrogen (secondary N) is 3. The molecule has 3 atom stereocenters. The molecule has 17 heteroatoms. The minimum atomic E-state index is -4.81. The van der Waals surface area contributed by atoms with Crippen molar-refractivity contribution in [2.24, 2.45) is 0 Å². The van der Waals surface area contributed by atoms with E-state index in [2.05, 4.69) is 26.1 Å². The number of benzene rings is 1. The predicted octanol–water partition coefficient (Wildman–Crippen LogP) is 4.03. The van der Waals surface area contributed by atoms with Crippen molar-refractivity contribution in [3.8, 4) is 5.75 Å². The Bertz CT molecular complexity index is 1440. The fourth-order valence-electron chi connectivity index (χ4n) is 4.49. The van der Waals surface area contributed by atoms with Crippen molar-refractivity contribution in [3.05, 3.63) is 28.8 Å². The van der Waals surface area contributed by atoms with Crippen LogP contribution in [0, 0.1) is 0 Å². The maximum absolute atomic E-state index is 14.2. The first kappa shape index (κ1) is 34.8. The number of alkyl halides is 3. The molecule has 0 radical (unpaired) electrons. The average molecular weight is 660 g/mol. The summed E-state index contributed by atoms with van der Waals surface area (Å²) in [6, 6.07) is 4.00. The van der Waals surface area contributed by atoms with Gasteiger partial charge in [0.25, 0.3) is 10.0 Å². The van der Waals surface area contributed by atoms with Gasteiger partial charge in [-0.05, 0) is 50.8 Å². The molecule has 248 valence electrons. The molecule has 1 aromatic rings. The van der Waals surface area contributed by atoms with Crippen LogP contribution in [0.3, 0.4) is 0 Å². The number of halogens is 3. The zero-order chi connectivity index (χ0) is 32.4. The van der Waals surface area contributed by atoms with Crippen LogP contribution in [0.25, 0.3) is 0 Å². The molecule has 0 aromatic heterocycles. The summed E-state index contributed by atoms with van der Waals surface area (Å²) in [7, 11) is -5.52. The van der Waals surface area contributed by atoms with Gasteiger partial charge in [0.2, 0.25) is 5.60 Å². The van der Waals surface area contributed by atoms with Gasteiger partial charge >= 0.3 is 12.3 Å². The lowest BCUT2D eigenvalue weighted by Gasteiger charge is -2.36. The van der Waals surface area contributed by atoms with Gasteiger partial charge < -0.3 is 19.2 Å². The largest absolute Gasteiger partial charge is 0.485 e. The number of hydrogen-bond donors (Lipinski definition) is 3. The molecule has 43 heavy (non-hydrogen) atoms. The normalized spacial score (nSPS) is 21.7. The van der Waals surface area contributed by atoms with Crippen LogP contribution in [0.5, 0.6) is 5.75 Å². The number of ether oxygens (including phenoxy) is 3. The van der Waals surface area contributed by atoms with Crippen molar-refractivity contribution in [1.82, 2.24) is 15.2 Å². The number of carbonyl (C=O) groups is 1. The molecule has 0 aliphatic carbocycles. The quantitative estimate of drug-likeness (QED) is 0.336. The maximum atomic E-state index is 14.2. The minimum absolute atomic E-state index is 0. The van der Waals surface area contributed by atoms with Crippen LogP contribution in [0.15, 0.2) is 28.8 Å². The highest BCUT2D eigenvalue weighted by Gasteiger charge is 2.51. The molecule has 0 spiro atoms. The van der Waals surface area contributed by atoms with Crippen molar-refractivity contribution >= 4 is 43.1 Å². The van der Waals surface area contributed by atoms with Crippen molar-refractivity contribution in [2.75, 3.05) is 42.1 Å². The van der Waals surface area contributed by atoms with E-state index in [0.717, 1.165) is 10.7 Å². The number of hydrazine groups is 1. The topological polar surface area (TPSA) is 139 Å². The first-order valence-corrected chi connectivity index (χ1v) is 17.1. The van der Waals surface area contributed by atoms with Gasteiger partial charge in [-0.2, -0.15) is 13.2 Å². The van der Waals surface area contributed by atoms with Gasteiger partial charge in [0, 0.05) is 44.2 Å². The second-order valence-electron chi connectivity index (χ2n) is 10.2. The first-order valence-electron chi connectivity index (χ1n) is 13.8. The number of amides is 1. The SMILES string of the molecule is C=S(=O)(CC)NC[C@H]1CN(S(=O)(=O)C2=C3CCCN3NC2OC)c2cc(NC(=O)OC(C)(C)C(F)(F)F)ccc2O1.CC.[HH].[HH]. The van der Waals surface area contributed by atoms with Crippen LogP contribution in [-0.2, 0) is 29.2 Å². The number of allylic oxidation sites excluding steroid dienone is 1. The highest BCUT2D eigenvalue weighted by atomic mass is 32.2. The predicted molar refractivity (Wildman–Crippen MR) is 164 cm³/mol. The van der Waals surface area contributed by atoms with Crippen LogP contribution in [-0.4, -0.2) is 86.2 Å². The monoisotopic (exact) mass is 659 g/mol. The van der Waals surface area contributed by atoms with Gasteiger partial charge in [-0.3, -0.25) is 13.8 Å². The highest BCUT2D eigenvalue weighted by molar-refractivity contribution is 7.98. The van der Waals surface area contributed by atoms with Gasteiger partial charge in [0.15, 0.2) is 6.23 Å². The van der Waals surface area contributed by atoms with Crippen LogP contribution in [0.2, 0.25) is 0 Å². The van der Waals surface area contributed by atoms with Crippen molar-refractivity contribution in [3.63, 3.8) is 0 Å². The molecule has 3 N–H and O–H groups in total. The second-order valence-corrected chi connectivity index (χ2v) is 14.6. The van der Waals surface area contributed by atoms with Gasteiger partial charge in [0.05, 0.1) is 17.9 Å². The summed E-state index contributed by atoms with van der Waals surface area (Å²) in [5.74, 6) is 4.03. The van der Waals surface area contributed by atoms with E-state index in [9.17, 15) is 30.6 Å². The van der Waals surface area contributed by atoms with E-state index in [1.165, 1.54) is 25.3 Å². The standard InChI is InChI=1S/C24H34F3N5O7S2.C2H6.2H2/c1-6-40(5,34)28-13-16-14-32(41(35,36)20-17-8-7-11-31(17)30-21(20)37-4)18-12-15(9-10-19(18)38-16)29-22(33)39-23(2,3)24(25,26)27;1-2;;/h9-10,12,16,21,30H,5-8,11,13-14H2,1-4H3,(H,28,34)(H,29,33);1-2H3;2*1H/t16-,21?,40?;;;/m0.../s1. The molecular weight excluding hydrogens is 615 g/mol. The third kappa shape index (κ3) is 7.50. The molecule has 0 saturated carbocycles. The van der Waals surface area contributed by atoms with E-state index in [1.54, 1.807) is 11.9 Å². The molecule has 1 fully saturated rings. The van der Waals surface area contributed by atoms with Gasteiger partial charge in [-0.15, -0.1) is 0 Å². The van der Waals surface area contributed by atoms with Gasteiger partial charge in [0.1, 0.15) is 16.8 Å². The summed E-state index contributed by atoms with van der Waals surface area (Å²) < 4.78 is 100. The number of methoxy groups -OCH3 is 1. The second kappa shape index (κ2) is 13.1. The molecule has 0 bridgehead atoms. The van der Waals surface area contributed by atoms with Gasteiger partial charge in [-0.1, -0.05) is 20.8 Å². The lowest BCUT2D eigenvalue weighted by molar-refractivity contribution is -0.242. The molecule has 3 aliphatic rings. The summed E-state index contributed by atoms with van der Waals surface area (Å²) in [6.45, 7) is 7.53. The number of anilines is 2. The van der Waals surface area contributed by atoms with E-state index in [4.69, 9.17) is 9.47 Å². The molecule has 3 aliphatic heterocycles. The van der Waals surface area contributed by atoms with Crippen LogP contribution in [0.1, 0.15) is 50.3 Å². The molecule has 4 rings (SSSR count). The zero-order valence-corrected chi connectivity index (χ0v) is 26.7. The third-order valence-electron chi connectivity index (χ3n) is 6.93. The summed E-state index contributed by atoms with van der Waals surface area (Å²) in [6.07, 6.45) is -6.67. The Labute approximate surface area is 254 Å². The fraction of sp³-hybridized carbons (Fsp3) is 0.615. The van der Waals surface area contributed by atoms with Crippen molar-refractivity contribution in [2.45, 2.75) is 71.6 Å². The van der Waals surface area contributed by atoms with Gasteiger partial charge in [-0.25, -0.2) is 23.4 Å². The molecular formula is C26H44F3N5O7S2. The first-order chi connectivity index (χ1) is 20.0. The number of sulfonamides is 1. The minimum Gasteiger partial charge on any atom is -0.485 e. The Morgan fingerprint density at radius 2 is 1.93 bits per heavy atom. The molecule has 2 unspecified atom stereocenters. The fourth-order valence-corrected chi connectivity index (χ4v) is 7.12. The van der Waals surface area contributed by atoms with Crippen molar-refractivity contribution in [1.29, 1.82) is 0 Å². The summed E-state index contributed by atoms with van der Waals surface area (Å²) in [5.41, 5.74) is 0.858. The molecule has 1 amide bonds. The number of carbonyl (C=O) groups excluding carboxylic acids is 1. The molecule has 12 nitrogen and oxygen atoms in total. The Morgan fingerprint density at radius 3 is 2.53 bits per heavy atom. The Morgan fingerprint density at radius 1 is 1.26 bits per heavy atom. The smallest absolute Gasteiger partial charge is 0.427 e. The number of hydrogen-bond acceptors (Lipinski definition) is 9. The lowest BCUT2D eigenvalue weighted by Crippen LogP contribution is -2.50. The lowest BCUT2D eigenvalue weighted by atomic mass is 10.1. The Hall–Kier alpha value is -2.73. The number of rotatable bonds is 9. The molecule has 1 aromatic carbocycles. The average Bonchev–Trinajstić information content (AvgIpc) is 3.53. The van der Waals surface area contributed by atoms with E-state index < -0.39 is 49.9 Å². The van der Waals surface area contributed by atoms with Crippen LogP contribution < -0.4 is 24.5 Å². The Kier molecular flexibility index (Phi) is 10.6. The number of fused-ring (bicyclic) bond motifs is 2. The Balaban J connectivity index is 0.00000248. The van der Waals surface area contributed by atoms with Crippen LogP contribution in [0.4, 0.5) is 29.3 Å². The zero-order valence-electron chi connectivity index (χ0n) is 25.0. The third-order valence-corrected chi connectivity index (χ3v) is 10.5. The van der Waals surface area contributed by atoms with Crippen LogP contribution >= 0.6 is 0 Å². The van der Waals surface area contributed by atoms with E-state index in [0.29, 0.717) is 32.5 Å². The highest BCUT2D eigenvalue weighted by Crippen LogP contribution is 2.42. The maximum Gasteiger partial charge on any atom is 0.427 e. The van der Waals surface area contributed by atoms with E-state index in [1.807, 2.05) is 13.8 Å². The molecule has 1 saturated heterocycles. The van der Waals surface area contributed by atoms with Crippen molar-refractivity contribution < 1.29 is 47.7 Å².